The molecule has 0 aromatic heterocycles. The Balaban J connectivity index is 1.53. The molecule has 0 unspecified atom stereocenters. The first-order valence-electron chi connectivity index (χ1n) is 9.88. The molecule has 1 amide bonds. The van der Waals surface area contributed by atoms with E-state index in [1.165, 1.54) is 18.2 Å². The van der Waals surface area contributed by atoms with Gasteiger partial charge in [-0.25, -0.2) is 0 Å². The van der Waals surface area contributed by atoms with Crippen LogP contribution in [0.2, 0.25) is 0 Å². The average Bonchev–Trinajstić information content (AvgIpc) is 2.81. The Bertz CT molecular complexity index is 1210. The predicted molar refractivity (Wildman–Crippen MR) is 125 cm³/mol. The number of nitro groups is 1. The van der Waals surface area contributed by atoms with Gasteiger partial charge in [-0.3, -0.25) is 20.2 Å². The number of phenolic OH excluding ortho intramolecular Hbond substituents is 1. The van der Waals surface area contributed by atoms with Crippen LogP contribution in [-0.4, -0.2) is 47.4 Å². The predicted octanol–water partition coefficient (Wildman–Crippen LogP) is 3.42. The quantitative estimate of drug-likeness (QED) is 0.239. The van der Waals surface area contributed by atoms with Crippen molar-refractivity contribution < 1.29 is 19.6 Å². The fraction of sp³-hybridized carbons (Fsp3) is 0.182. The molecule has 1 aliphatic heterocycles. The van der Waals surface area contributed by atoms with Gasteiger partial charge in [-0.1, -0.05) is 30.3 Å². The van der Waals surface area contributed by atoms with Crippen molar-refractivity contribution in [1.29, 1.82) is 0 Å². The molecule has 0 aliphatic carbocycles. The summed E-state index contributed by atoms with van der Waals surface area (Å²) < 4.78 is 5.30. The second-order valence-electron chi connectivity index (χ2n) is 7.15. The SMILES string of the molecule is O=C(NC(=S)Nc1c(O)ccc2ccccc12)c1ccc(N2CCOCC2)c([N+](=O)[O-])c1. The number of thiocarbonyl (C=S) groups is 1. The van der Waals surface area contributed by atoms with E-state index in [2.05, 4.69) is 10.6 Å². The van der Waals surface area contributed by atoms with Crippen LogP contribution in [0.25, 0.3) is 10.8 Å². The molecule has 1 fully saturated rings. The smallest absolute Gasteiger partial charge is 0.293 e. The van der Waals surface area contributed by atoms with Crippen LogP contribution in [0.4, 0.5) is 17.1 Å². The Hall–Kier alpha value is -3.76. The highest BCUT2D eigenvalue weighted by Gasteiger charge is 2.23. The molecule has 32 heavy (non-hydrogen) atoms. The van der Waals surface area contributed by atoms with E-state index >= 15 is 0 Å². The number of carbonyl (C=O) groups is 1. The van der Waals surface area contributed by atoms with Crippen LogP contribution >= 0.6 is 12.2 Å². The van der Waals surface area contributed by atoms with Gasteiger partial charge in [0.15, 0.2) is 5.11 Å². The maximum atomic E-state index is 12.7. The molecule has 0 saturated carbocycles. The Morgan fingerprint density at radius 3 is 2.62 bits per heavy atom. The molecular weight excluding hydrogens is 432 g/mol. The molecule has 3 N–H and O–H groups in total. The molecule has 0 atom stereocenters. The first-order valence-corrected chi connectivity index (χ1v) is 10.3. The zero-order valence-corrected chi connectivity index (χ0v) is 17.7. The van der Waals surface area contributed by atoms with E-state index in [0.29, 0.717) is 37.7 Å². The Labute approximate surface area is 188 Å². The second-order valence-corrected chi connectivity index (χ2v) is 7.56. The largest absolute Gasteiger partial charge is 0.506 e. The lowest BCUT2D eigenvalue weighted by molar-refractivity contribution is -0.384. The number of nitrogens with one attached hydrogen (secondary N) is 2. The van der Waals surface area contributed by atoms with Gasteiger partial charge in [0.05, 0.1) is 23.8 Å². The number of hydrogen-bond acceptors (Lipinski definition) is 7. The second kappa shape index (κ2) is 9.16. The number of nitro benzene ring substituents is 1. The van der Waals surface area contributed by atoms with Crippen LogP contribution in [0.1, 0.15) is 10.4 Å². The number of phenols is 1. The molecule has 1 aliphatic rings. The number of fused-ring (bicyclic) bond motifs is 1. The molecule has 4 rings (SSSR count). The van der Waals surface area contributed by atoms with Crippen LogP contribution in [0.5, 0.6) is 5.75 Å². The van der Waals surface area contributed by atoms with Crippen LogP contribution < -0.4 is 15.5 Å². The van der Waals surface area contributed by atoms with E-state index < -0.39 is 10.8 Å². The van der Waals surface area contributed by atoms with E-state index in [4.69, 9.17) is 17.0 Å². The van der Waals surface area contributed by atoms with Crippen LogP contribution in [0, 0.1) is 10.1 Å². The lowest BCUT2D eigenvalue weighted by Crippen LogP contribution is -2.37. The number of morpholine rings is 1. The van der Waals surface area contributed by atoms with Gasteiger partial charge >= 0.3 is 0 Å². The fourth-order valence-corrected chi connectivity index (χ4v) is 3.79. The zero-order chi connectivity index (χ0) is 22.7. The summed E-state index contributed by atoms with van der Waals surface area (Å²) in [5.41, 5.74) is 0.739. The first kappa shape index (κ1) is 21.5. The molecule has 9 nitrogen and oxygen atoms in total. The highest BCUT2D eigenvalue weighted by Crippen LogP contribution is 2.32. The van der Waals surface area contributed by atoms with Crippen LogP contribution in [0.3, 0.4) is 0 Å². The summed E-state index contributed by atoms with van der Waals surface area (Å²) >= 11 is 5.24. The molecule has 1 saturated heterocycles. The third-order valence-corrected chi connectivity index (χ3v) is 5.36. The molecule has 0 bridgehead atoms. The minimum Gasteiger partial charge on any atom is -0.506 e. The molecule has 1 heterocycles. The van der Waals surface area contributed by atoms with Crippen molar-refractivity contribution >= 4 is 51.1 Å². The maximum Gasteiger partial charge on any atom is 0.293 e. The number of amides is 1. The van der Waals surface area contributed by atoms with Gasteiger partial charge < -0.3 is 20.1 Å². The van der Waals surface area contributed by atoms with Gasteiger partial charge in [0, 0.05) is 30.1 Å². The van der Waals surface area contributed by atoms with Crippen molar-refractivity contribution in [1.82, 2.24) is 5.32 Å². The minimum absolute atomic E-state index is 0.0224. The normalized spacial score (nSPS) is 13.6. The number of benzene rings is 3. The van der Waals surface area contributed by atoms with Crippen molar-refractivity contribution in [3.8, 4) is 5.75 Å². The van der Waals surface area contributed by atoms with Crippen molar-refractivity contribution in [3.05, 3.63) is 70.3 Å². The Kier molecular flexibility index (Phi) is 6.15. The number of hydrogen-bond donors (Lipinski definition) is 3. The van der Waals surface area contributed by atoms with E-state index in [0.717, 1.165) is 10.8 Å². The Morgan fingerprint density at radius 2 is 1.88 bits per heavy atom. The monoisotopic (exact) mass is 452 g/mol. The van der Waals surface area contributed by atoms with E-state index in [1.807, 2.05) is 29.2 Å². The lowest BCUT2D eigenvalue weighted by Gasteiger charge is -2.28. The maximum absolute atomic E-state index is 12.7. The standard InChI is InChI=1S/C22H20N4O5S/c27-19-8-6-14-3-1-2-4-16(14)20(19)23-22(32)24-21(28)15-5-7-17(18(13-15)26(29)30)25-9-11-31-12-10-25/h1-8,13,27H,9-12H2,(H2,23,24,28,32). The van der Waals surface area contributed by atoms with Gasteiger partial charge in [-0.05, 0) is 35.8 Å². The number of rotatable bonds is 4. The van der Waals surface area contributed by atoms with Crippen molar-refractivity contribution in [2.45, 2.75) is 0 Å². The number of ether oxygens (including phenoxy) is 1. The van der Waals surface area contributed by atoms with Crippen LogP contribution in [0.15, 0.2) is 54.6 Å². The summed E-state index contributed by atoms with van der Waals surface area (Å²) in [7, 11) is 0. The molecule has 0 spiro atoms. The van der Waals surface area contributed by atoms with E-state index in [1.54, 1.807) is 12.1 Å². The van der Waals surface area contributed by atoms with Crippen molar-refractivity contribution in [2.24, 2.45) is 0 Å². The van der Waals surface area contributed by atoms with Crippen molar-refractivity contribution in [2.75, 3.05) is 36.5 Å². The van der Waals surface area contributed by atoms with Gasteiger partial charge in [0.2, 0.25) is 0 Å². The number of carbonyl (C=O) groups excluding carboxylic acids is 1. The van der Waals surface area contributed by atoms with E-state index in [9.17, 15) is 20.0 Å². The van der Waals surface area contributed by atoms with Crippen LogP contribution in [-0.2, 0) is 4.74 Å². The minimum atomic E-state index is -0.598. The Morgan fingerprint density at radius 1 is 1.12 bits per heavy atom. The highest BCUT2D eigenvalue weighted by molar-refractivity contribution is 7.80. The molecule has 164 valence electrons. The molecule has 3 aromatic rings. The summed E-state index contributed by atoms with van der Waals surface area (Å²) in [4.78, 5) is 25.7. The molecular formula is C22H20N4O5S. The summed E-state index contributed by atoms with van der Waals surface area (Å²) in [6, 6.07) is 15.0. The van der Waals surface area contributed by atoms with Gasteiger partial charge in [0.1, 0.15) is 11.4 Å². The zero-order valence-electron chi connectivity index (χ0n) is 16.9. The number of aromatic hydroxyl groups is 1. The molecule has 10 heteroatoms. The molecule has 0 radical (unpaired) electrons. The van der Waals surface area contributed by atoms with Gasteiger partial charge in [-0.15, -0.1) is 0 Å². The topological polar surface area (TPSA) is 117 Å². The molecule has 3 aromatic carbocycles. The number of nitrogens with zero attached hydrogens (tertiary/aromatic N) is 2. The lowest BCUT2D eigenvalue weighted by atomic mass is 10.1. The highest BCUT2D eigenvalue weighted by atomic mass is 32.1. The van der Waals surface area contributed by atoms with Gasteiger partial charge in [0.25, 0.3) is 11.6 Å². The summed E-state index contributed by atoms with van der Waals surface area (Å²) in [6.07, 6.45) is 0. The summed E-state index contributed by atoms with van der Waals surface area (Å²) in [6.45, 7) is 2.05. The first-order chi connectivity index (χ1) is 15.4. The summed E-state index contributed by atoms with van der Waals surface area (Å²) in [5, 5.41) is 28.8. The average molecular weight is 452 g/mol. The summed E-state index contributed by atoms with van der Waals surface area (Å²) in [5.74, 6) is -0.621. The third kappa shape index (κ3) is 4.46. The van der Waals surface area contributed by atoms with E-state index in [-0.39, 0.29) is 22.1 Å². The third-order valence-electron chi connectivity index (χ3n) is 5.16. The number of anilines is 2. The van der Waals surface area contributed by atoms with Gasteiger partial charge in [-0.2, -0.15) is 0 Å². The fourth-order valence-electron chi connectivity index (χ4n) is 3.59. The van der Waals surface area contributed by atoms with Crippen molar-refractivity contribution in [3.63, 3.8) is 0 Å².